The SMILES string of the molecule is Cc1c(F)c(F)c2c(c1F)CN(c1ccc(C=O)cc1)C2. The molecule has 2 aromatic rings. The van der Waals surface area contributed by atoms with Gasteiger partial charge in [0.2, 0.25) is 0 Å². The van der Waals surface area contributed by atoms with Crippen LogP contribution in [0.3, 0.4) is 0 Å². The minimum absolute atomic E-state index is 0.0649. The summed E-state index contributed by atoms with van der Waals surface area (Å²) < 4.78 is 41.6. The molecule has 0 unspecified atom stereocenters. The summed E-state index contributed by atoms with van der Waals surface area (Å²) in [6, 6.07) is 6.66. The fourth-order valence-corrected chi connectivity index (χ4v) is 2.60. The minimum Gasteiger partial charge on any atom is -0.363 e. The van der Waals surface area contributed by atoms with Gasteiger partial charge in [-0.2, -0.15) is 0 Å². The maximum Gasteiger partial charge on any atom is 0.165 e. The van der Waals surface area contributed by atoms with Crippen molar-refractivity contribution in [2.45, 2.75) is 20.0 Å². The van der Waals surface area contributed by atoms with Crippen molar-refractivity contribution in [1.29, 1.82) is 0 Å². The van der Waals surface area contributed by atoms with E-state index in [0.29, 0.717) is 5.56 Å². The Morgan fingerprint density at radius 2 is 1.52 bits per heavy atom. The fraction of sp³-hybridized carbons (Fsp3) is 0.188. The van der Waals surface area contributed by atoms with Crippen LogP contribution < -0.4 is 4.90 Å². The smallest absolute Gasteiger partial charge is 0.165 e. The Morgan fingerprint density at radius 3 is 2.10 bits per heavy atom. The van der Waals surface area contributed by atoms with E-state index in [2.05, 4.69) is 0 Å². The van der Waals surface area contributed by atoms with Crippen LogP contribution in [0, 0.1) is 24.4 Å². The summed E-state index contributed by atoms with van der Waals surface area (Å²) >= 11 is 0. The third kappa shape index (κ3) is 2.09. The monoisotopic (exact) mass is 291 g/mol. The molecule has 0 spiro atoms. The van der Waals surface area contributed by atoms with E-state index in [1.165, 1.54) is 6.92 Å². The largest absolute Gasteiger partial charge is 0.363 e. The van der Waals surface area contributed by atoms with Crippen LogP contribution in [0.25, 0.3) is 0 Å². The van der Waals surface area contributed by atoms with Crippen LogP contribution in [0.15, 0.2) is 24.3 Å². The van der Waals surface area contributed by atoms with Gasteiger partial charge in [0.15, 0.2) is 11.6 Å². The number of carbonyl (C=O) groups excluding carboxylic acids is 1. The third-order valence-electron chi connectivity index (χ3n) is 3.84. The predicted octanol–water partition coefficient (Wildman–Crippen LogP) is 3.75. The summed E-state index contributed by atoms with van der Waals surface area (Å²) in [5, 5.41) is 0. The molecule has 1 heterocycles. The van der Waals surface area contributed by atoms with Crippen LogP contribution in [0.2, 0.25) is 0 Å². The molecule has 3 rings (SSSR count). The summed E-state index contributed by atoms with van der Waals surface area (Å²) in [6.07, 6.45) is 0.723. The van der Waals surface area contributed by atoms with Crippen LogP contribution in [-0.4, -0.2) is 6.29 Å². The van der Waals surface area contributed by atoms with Crippen molar-refractivity contribution in [2.75, 3.05) is 4.90 Å². The Balaban J connectivity index is 1.99. The lowest BCUT2D eigenvalue weighted by Crippen LogP contribution is -2.14. The van der Waals surface area contributed by atoms with Crippen molar-refractivity contribution < 1.29 is 18.0 Å². The van der Waals surface area contributed by atoms with E-state index in [1.807, 2.05) is 0 Å². The highest BCUT2D eigenvalue weighted by Gasteiger charge is 2.30. The van der Waals surface area contributed by atoms with Gasteiger partial charge < -0.3 is 4.90 Å². The van der Waals surface area contributed by atoms with Gasteiger partial charge in [-0.1, -0.05) is 0 Å². The second-order valence-electron chi connectivity index (χ2n) is 5.09. The lowest BCUT2D eigenvalue weighted by molar-refractivity contribution is 0.112. The Hall–Kier alpha value is -2.30. The number of aldehydes is 1. The van der Waals surface area contributed by atoms with Gasteiger partial charge in [-0.25, -0.2) is 13.2 Å². The molecule has 21 heavy (non-hydrogen) atoms. The summed E-state index contributed by atoms with van der Waals surface area (Å²) in [5.41, 5.74) is 1.23. The maximum atomic E-state index is 14.1. The Morgan fingerprint density at radius 1 is 0.952 bits per heavy atom. The molecule has 0 radical (unpaired) electrons. The standard InChI is InChI=1S/C16H12F3NO/c1-9-14(17)12-6-20(7-13(12)16(19)15(9)18)11-4-2-10(8-21)3-5-11/h2-5,8H,6-7H2,1H3. The number of anilines is 1. The Kier molecular flexibility index (Phi) is 3.20. The van der Waals surface area contributed by atoms with Crippen molar-refractivity contribution in [3.8, 4) is 0 Å². The molecule has 0 saturated heterocycles. The molecule has 108 valence electrons. The third-order valence-corrected chi connectivity index (χ3v) is 3.84. The number of rotatable bonds is 2. The summed E-state index contributed by atoms with van der Waals surface area (Å²) in [4.78, 5) is 12.4. The lowest BCUT2D eigenvalue weighted by Gasteiger charge is -2.17. The summed E-state index contributed by atoms with van der Waals surface area (Å²) in [5.74, 6) is -2.78. The quantitative estimate of drug-likeness (QED) is 0.620. The molecule has 0 N–H and O–H groups in total. The van der Waals surface area contributed by atoms with Gasteiger partial charge >= 0.3 is 0 Å². The number of fused-ring (bicyclic) bond motifs is 1. The first kappa shape index (κ1) is 13.7. The van der Waals surface area contributed by atoms with E-state index in [4.69, 9.17) is 0 Å². The second-order valence-corrected chi connectivity index (χ2v) is 5.09. The van der Waals surface area contributed by atoms with Crippen LogP contribution in [-0.2, 0) is 13.1 Å². The molecule has 1 aliphatic heterocycles. The van der Waals surface area contributed by atoms with Crippen LogP contribution >= 0.6 is 0 Å². The normalized spacial score (nSPS) is 13.4. The summed E-state index contributed by atoms with van der Waals surface area (Å²) in [6.45, 7) is 1.52. The van der Waals surface area contributed by atoms with E-state index < -0.39 is 17.5 Å². The molecular formula is C16H12F3NO. The highest BCUT2D eigenvalue weighted by atomic mass is 19.2. The number of carbonyl (C=O) groups is 1. The summed E-state index contributed by atoms with van der Waals surface area (Å²) in [7, 11) is 0. The number of nitrogens with zero attached hydrogens (tertiary/aromatic N) is 1. The molecule has 0 aromatic heterocycles. The average molecular weight is 291 g/mol. The molecule has 5 heteroatoms. The molecule has 0 amide bonds. The van der Waals surface area contributed by atoms with Gasteiger partial charge in [-0.15, -0.1) is 0 Å². The molecule has 0 fully saturated rings. The highest BCUT2D eigenvalue weighted by molar-refractivity contribution is 5.75. The van der Waals surface area contributed by atoms with E-state index in [0.717, 1.165) is 12.0 Å². The van der Waals surface area contributed by atoms with Crippen LogP contribution in [0.4, 0.5) is 18.9 Å². The number of benzene rings is 2. The predicted molar refractivity (Wildman–Crippen MR) is 72.8 cm³/mol. The molecule has 1 aliphatic rings. The van der Waals surface area contributed by atoms with Crippen LogP contribution in [0.1, 0.15) is 27.0 Å². The van der Waals surface area contributed by atoms with Crippen molar-refractivity contribution in [3.63, 3.8) is 0 Å². The maximum absolute atomic E-state index is 14.1. The van der Waals surface area contributed by atoms with Crippen molar-refractivity contribution >= 4 is 12.0 Å². The first-order valence-corrected chi connectivity index (χ1v) is 6.48. The zero-order valence-corrected chi connectivity index (χ0v) is 11.3. The Bertz CT molecular complexity index is 689. The molecule has 0 aliphatic carbocycles. The van der Waals surface area contributed by atoms with E-state index >= 15 is 0 Å². The topological polar surface area (TPSA) is 20.3 Å². The zero-order valence-electron chi connectivity index (χ0n) is 11.3. The lowest BCUT2D eigenvalue weighted by atomic mass is 10.0. The van der Waals surface area contributed by atoms with Gasteiger partial charge in [-0.05, 0) is 31.2 Å². The van der Waals surface area contributed by atoms with Gasteiger partial charge in [0, 0.05) is 41.0 Å². The van der Waals surface area contributed by atoms with Crippen molar-refractivity contribution in [3.05, 3.63) is 64.0 Å². The molecule has 2 nitrogen and oxygen atoms in total. The van der Waals surface area contributed by atoms with Gasteiger partial charge in [-0.3, -0.25) is 4.79 Å². The molecular weight excluding hydrogens is 279 g/mol. The average Bonchev–Trinajstić information content (AvgIpc) is 2.96. The number of halogens is 3. The van der Waals surface area contributed by atoms with E-state index in [-0.39, 0.29) is 29.8 Å². The second kappa shape index (κ2) is 4.91. The van der Waals surface area contributed by atoms with Gasteiger partial charge in [0.05, 0.1) is 0 Å². The number of hydrogen-bond donors (Lipinski definition) is 0. The van der Waals surface area contributed by atoms with Crippen molar-refractivity contribution in [2.24, 2.45) is 0 Å². The molecule has 0 saturated carbocycles. The first-order valence-electron chi connectivity index (χ1n) is 6.48. The molecule has 0 bridgehead atoms. The molecule has 0 atom stereocenters. The van der Waals surface area contributed by atoms with E-state index in [9.17, 15) is 18.0 Å². The Labute approximate surface area is 119 Å². The van der Waals surface area contributed by atoms with E-state index in [1.54, 1.807) is 29.2 Å². The highest BCUT2D eigenvalue weighted by Crippen LogP contribution is 2.34. The van der Waals surface area contributed by atoms with Crippen molar-refractivity contribution in [1.82, 2.24) is 0 Å². The van der Waals surface area contributed by atoms with Gasteiger partial charge in [0.25, 0.3) is 0 Å². The zero-order chi connectivity index (χ0) is 15.1. The first-order chi connectivity index (χ1) is 10.0. The molecule has 2 aromatic carbocycles. The number of hydrogen-bond acceptors (Lipinski definition) is 2. The van der Waals surface area contributed by atoms with Crippen LogP contribution in [0.5, 0.6) is 0 Å². The fourth-order valence-electron chi connectivity index (χ4n) is 2.60. The minimum atomic E-state index is -1.12. The van der Waals surface area contributed by atoms with Gasteiger partial charge in [0.1, 0.15) is 12.1 Å².